The van der Waals surface area contributed by atoms with Gasteiger partial charge in [0.15, 0.2) is 15.5 Å². The summed E-state index contributed by atoms with van der Waals surface area (Å²) in [5, 5.41) is 16.9. The van der Waals surface area contributed by atoms with Gasteiger partial charge in [0.1, 0.15) is 5.75 Å². The maximum absolute atomic E-state index is 12.7. The second-order valence-electron chi connectivity index (χ2n) is 6.40. The van der Waals surface area contributed by atoms with Gasteiger partial charge < -0.3 is 10.4 Å². The van der Waals surface area contributed by atoms with Crippen molar-refractivity contribution in [3.63, 3.8) is 0 Å². The second-order valence-corrected chi connectivity index (χ2v) is 9.08. The van der Waals surface area contributed by atoms with Crippen LogP contribution in [-0.4, -0.2) is 35.0 Å². The van der Waals surface area contributed by atoms with Crippen molar-refractivity contribution in [2.45, 2.75) is 18.7 Å². The first kappa shape index (κ1) is 21.5. The summed E-state index contributed by atoms with van der Waals surface area (Å²) in [7, 11) is -3.56. The summed E-state index contributed by atoms with van der Waals surface area (Å²) in [5.41, 5.74) is -0.289. The maximum atomic E-state index is 12.7. The number of phenolic OH excluding ortho intramolecular Hbond substituents is 1. The van der Waals surface area contributed by atoms with Gasteiger partial charge in [0.05, 0.1) is 27.0 Å². The zero-order valence-electron chi connectivity index (χ0n) is 16.1. The van der Waals surface area contributed by atoms with Crippen LogP contribution >= 0.6 is 11.6 Å². The Balaban J connectivity index is 2.03. The summed E-state index contributed by atoms with van der Waals surface area (Å²) in [6, 6.07) is 11.6. The number of carbonyl (C=O) groups excluding carboxylic acids is 1. The van der Waals surface area contributed by atoms with E-state index >= 15 is 0 Å². The van der Waals surface area contributed by atoms with Crippen molar-refractivity contribution >= 4 is 33.0 Å². The number of benzene rings is 2. The number of halogens is 1. The number of sulfone groups is 1. The number of nitrogens with zero attached hydrogens (tertiary/aromatic N) is 2. The number of amides is 1. The predicted octanol–water partition coefficient (Wildman–Crippen LogP) is 2.95. The minimum absolute atomic E-state index is 0.0663. The zero-order chi connectivity index (χ0) is 22.1. The minimum Gasteiger partial charge on any atom is -0.506 e. The molecule has 1 amide bonds. The largest absolute Gasteiger partial charge is 0.506 e. The summed E-state index contributed by atoms with van der Waals surface area (Å²) in [4.78, 5) is 25.0. The number of anilines is 1. The number of rotatable bonds is 5. The van der Waals surface area contributed by atoms with Crippen molar-refractivity contribution < 1.29 is 18.3 Å². The van der Waals surface area contributed by atoms with E-state index in [4.69, 9.17) is 11.6 Å². The van der Waals surface area contributed by atoms with Crippen LogP contribution in [0.3, 0.4) is 0 Å². The average molecular weight is 448 g/mol. The molecule has 0 bridgehead atoms. The number of hydrogen-bond acceptors (Lipinski definition) is 6. The molecule has 0 saturated carbocycles. The quantitative estimate of drug-likeness (QED) is 0.580. The van der Waals surface area contributed by atoms with Gasteiger partial charge in [-0.1, -0.05) is 30.7 Å². The molecule has 0 aliphatic rings. The van der Waals surface area contributed by atoms with Crippen molar-refractivity contribution in [3.05, 3.63) is 75.2 Å². The Hall–Kier alpha value is -3.17. The molecule has 1 heterocycles. The monoisotopic (exact) mass is 447 g/mol. The van der Waals surface area contributed by atoms with Crippen LogP contribution in [0.25, 0.3) is 5.69 Å². The maximum Gasteiger partial charge on any atom is 0.280 e. The molecule has 10 heteroatoms. The molecule has 0 atom stereocenters. The molecule has 30 heavy (non-hydrogen) atoms. The molecule has 3 aromatic rings. The van der Waals surface area contributed by atoms with Crippen LogP contribution in [0.1, 0.15) is 23.1 Å². The topological polar surface area (TPSA) is 118 Å². The third-order valence-corrected chi connectivity index (χ3v) is 6.41. The smallest absolute Gasteiger partial charge is 0.280 e. The Kier molecular flexibility index (Phi) is 5.95. The van der Waals surface area contributed by atoms with Crippen LogP contribution in [-0.2, 0) is 9.84 Å². The highest BCUT2D eigenvalue weighted by atomic mass is 35.5. The summed E-state index contributed by atoms with van der Waals surface area (Å²) in [5.74, 6) is -1.40. The van der Waals surface area contributed by atoms with Crippen LogP contribution in [0.4, 0.5) is 5.69 Å². The average Bonchev–Trinajstić information content (AvgIpc) is 2.70. The number of nitrogens with one attached hydrogen (secondary N) is 1. The lowest BCUT2D eigenvalue weighted by molar-refractivity contribution is 0.101. The van der Waals surface area contributed by atoms with Crippen molar-refractivity contribution in [2.24, 2.45) is 0 Å². The van der Waals surface area contributed by atoms with Crippen LogP contribution in [0.2, 0.25) is 5.02 Å². The highest BCUT2D eigenvalue weighted by Crippen LogP contribution is 2.27. The van der Waals surface area contributed by atoms with Gasteiger partial charge >= 0.3 is 0 Å². The predicted molar refractivity (Wildman–Crippen MR) is 113 cm³/mol. The Morgan fingerprint density at radius 1 is 1.20 bits per heavy atom. The highest BCUT2D eigenvalue weighted by molar-refractivity contribution is 7.91. The fourth-order valence-corrected chi connectivity index (χ4v) is 3.85. The van der Waals surface area contributed by atoms with Crippen LogP contribution < -0.4 is 10.7 Å². The van der Waals surface area contributed by atoms with E-state index in [0.717, 1.165) is 12.1 Å². The second kappa shape index (κ2) is 8.29. The number of carbonyl (C=O) groups is 1. The van der Waals surface area contributed by atoms with Crippen molar-refractivity contribution in [2.75, 3.05) is 11.1 Å². The standard InChI is InChI=1S/C20H18ClN3O5S/c1-3-30(28,29)13-8-9-17(25)15(11-13)22-20(27)19-18(26)10-12(2)24(23-19)16-7-5-4-6-14(16)21/h4-11,25H,3H2,1-2H3,(H,22,27). The van der Waals surface area contributed by atoms with Crippen LogP contribution in [0.5, 0.6) is 5.75 Å². The molecule has 0 aliphatic carbocycles. The Morgan fingerprint density at radius 2 is 1.90 bits per heavy atom. The van der Waals surface area contributed by atoms with E-state index in [-0.39, 0.29) is 22.1 Å². The Morgan fingerprint density at radius 3 is 2.57 bits per heavy atom. The normalized spacial score (nSPS) is 11.3. The molecule has 3 rings (SSSR count). The first-order valence-corrected chi connectivity index (χ1v) is 10.9. The van der Waals surface area contributed by atoms with E-state index < -0.39 is 26.9 Å². The lowest BCUT2D eigenvalue weighted by atomic mass is 10.2. The van der Waals surface area contributed by atoms with Gasteiger partial charge in [-0.25, -0.2) is 13.1 Å². The number of aromatic hydroxyl groups is 1. The summed E-state index contributed by atoms with van der Waals surface area (Å²) >= 11 is 6.20. The Bertz CT molecular complexity index is 1300. The third kappa shape index (κ3) is 4.22. The summed E-state index contributed by atoms with van der Waals surface area (Å²) in [6.07, 6.45) is 0. The number of phenols is 1. The van der Waals surface area contributed by atoms with Gasteiger partial charge in [-0.15, -0.1) is 0 Å². The number of aromatic nitrogens is 2. The van der Waals surface area contributed by atoms with Gasteiger partial charge in [-0.2, -0.15) is 5.10 Å². The molecule has 156 valence electrons. The van der Waals surface area contributed by atoms with Crippen LogP contribution in [0, 0.1) is 6.92 Å². The molecule has 1 aromatic heterocycles. The SMILES string of the molecule is CCS(=O)(=O)c1ccc(O)c(NC(=O)c2nn(-c3ccccc3Cl)c(C)cc2=O)c1. The molecule has 0 unspecified atom stereocenters. The number of para-hydroxylation sites is 1. The fourth-order valence-electron chi connectivity index (χ4n) is 2.73. The van der Waals surface area contributed by atoms with Gasteiger partial charge in [0.25, 0.3) is 5.91 Å². The fraction of sp³-hybridized carbons (Fsp3) is 0.150. The molecular formula is C20H18ClN3O5S. The van der Waals surface area contributed by atoms with Crippen molar-refractivity contribution in [1.82, 2.24) is 9.78 Å². The van der Waals surface area contributed by atoms with E-state index in [2.05, 4.69) is 10.4 Å². The molecular weight excluding hydrogens is 430 g/mol. The van der Waals surface area contributed by atoms with Crippen molar-refractivity contribution in [3.8, 4) is 11.4 Å². The minimum atomic E-state index is -3.56. The Labute approximate surface area is 177 Å². The van der Waals surface area contributed by atoms with E-state index in [0.29, 0.717) is 16.4 Å². The highest BCUT2D eigenvalue weighted by Gasteiger charge is 2.19. The lowest BCUT2D eigenvalue weighted by Gasteiger charge is -2.13. The van der Waals surface area contributed by atoms with Crippen LogP contribution in [0.15, 0.2) is 58.2 Å². The number of hydrogen-bond donors (Lipinski definition) is 2. The molecule has 0 fully saturated rings. The third-order valence-electron chi connectivity index (χ3n) is 4.36. The number of aryl methyl sites for hydroxylation is 1. The van der Waals surface area contributed by atoms with Gasteiger partial charge in [-0.3, -0.25) is 9.59 Å². The van der Waals surface area contributed by atoms with Crippen molar-refractivity contribution in [1.29, 1.82) is 0 Å². The van der Waals surface area contributed by atoms with E-state index in [9.17, 15) is 23.1 Å². The summed E-state index contributed by atoms with van der Waals surface area (Å²) < 4.78 is 25.5. The molecule has 0 spiro atoms. The lowest BCUT2D eigenvalue weighted by Crippen LogP contribution is -2.27. The van der Waals surface area contributed by atoms with Gasteiger partial charge in [-0.05, 0) is 37.3 Å². The first-order valence-electron chi connectivity index (χ1n) is 8.87. The molecule has 0 radical (unpaired) electrons. The zero-order valence-corrected chi connectivity index (χ0v) is 17.7. The van der Waals surface area contributed by atoms with Gasteiger partial charge in [0, 0.05) is 11.8 Å². The molecule has 8 nitrogen and oxygen atoms in total. The molecule has 0 aliphatic heterocycles. The van der Waals surface area contributed by atoms with E-state index in [1.54, 1.807) is 31.2 Å². The first-order chi connectivity index (χ1) is 14.1. The molecule has 2 aromatic carbocycles. The summed E-state index contributed by atoms with van der Waals surface area (Å²) in [6.45, 7) is 3.12. The van der Waals surface area contributed by atoms with Gasteiger partial charge in [0.2, 0.25) is 5.43 Å². The van der Waals surface area contributed by atoms with E-state index in [1.807, 2.05) is 0 Å². The van der Waals surface area contributed by atoms with E-state index in [1.165, 1.54) is 23.7 Å². The molecule has 2 N–H and O–H groups in total. The molecule has 0 saturated heterocycles.